The molecule has 3 aromatic heterocycles. The topological polar surface area (TPSA) is 111 Å². The van der Waals surface area contributed by atoms with Crippen LogP contribution >= 0.6 is 0 Å². The minimum absolute atomic E-state index is 0.0563. The van der Waals surface area contributed by atoms with Gasteiger partial charge in [-0.15, -0.1) is 0 Å². The van der Waals surface area contributed by atoms with E-state index < -0.39 is 0 Å². The highest BCUT2D eigenvalue weighted by molar-refractivity contribution is 5.82. The number of aliphatic imine (C=N–C) groups is 1. The third-order valence-electron chi connectivity index (χ3n) is 6.60. The van der Waals surface area contributed by atoms with E-state index in [0.717, 1.165) is 44.8 Å². The zero-order chi connectivity index (χ0) is 27.0. The number of nitrogens with one attached hydrogen (secondary N) is 2. The minimum Gasteiger partial charge on any atom is -0.463 e. The van der Waals surface area contributed by atoms with Gasteiger partial charge in [0.1, 0.15) is 30.8 Å². The summed E-state index contributed by atoms with van der Waals surface area (Å²) in [5.41, 5.74) is 5.50. The molecule has 1 fully saturated rings. The van der Waals surface area contributed by atoms with Crippen molar-refractivity contribution in [1.82, 2.24) is 29.9 Å². The molecule has 0 aliphatic carbocycles. The lowest BCUT2D eigenvalue weighted by Crippen LogP contribution is -2.36. The highest BCUT2D eigenvalue weighted by Gasteiger charge is 2.28. The first-order valence-corrected chi connectivity index (χ1v) is 12.9. The average Bonchev–Trinajstić information content (AvgIpc) is 3.53. The quantitative estimate of drug-likeness (QED) is 0.300. The van der Waals surface area contributed by atoms with Crippen LogP contribution in [0.5, 0.6) is 11.5 Å². The van der Waals surface area contributed by atoms with E-state index >= 15 is 0 Å². The molecule has 1 atom stereocenters. The van der Waals surface area contributed by atoms with Gasteiger partial charge in [0, 0.05) is 23.3 Å². The summed E-state index contributed by atoms with van der Waals surface area (Å²) in [5.74, 6) is 1.49. The molecule has 5 aromatic rings. The molecule has 10 nitrogen and oxygen atoms in total. The SMILES string of the molecule is Cc1cc(NC(C)c2ncnc3ccc(CN=C4NC(C)(C)CO4)cc23)ccc1Oc1ccn2ncnc2c1. The second-order valence-electron chi connectivity index (χ2n) is 10.4. The first-order chi connectivity index (χ1) is 18.8. The number of amidine groups is 1. The van der Waals surface area contributed by atoms with E-state index in [0.29, 0.717) is 24.9 Å². The molecule has 0 radical (unpaired) electrons. The summed E-state index contributed by atoms with van der Waals surface area (Å²) in [6.07, 6.45) is 4.96. The first kappa shape index (κ1) is 24.6. The molecule has 0 spiro atoms. The van der Waals surface area contributed by atoms with Gasteiger partial charge in [-0.25, -0.2) is 24.5 Å². The fourth-order valence-electron chi connectivity index (χ4n) is 4.58. The predicted molar refractivity (Wildman–Crippen MR) is 150 cm³/mol. The molecule has 10 heteroatoms. The Kier molecular flexibility index (Phi) is 6.22. The molecule has 1 aliphatic rings. The average molecular weight is 523 g/mol. The van der Waals surface area contributed by atoms with Gasteiger partial charge >= 0.3 is 0 Å². The van der Waals surface area contributed by atoms with Crippen LogP contribution in [0.25, 0.3) is 16.6 Å². The Morgan fingerprint density at radius 2 is 2.00 bits per heavy atom. The van der Waals surface area contributed by atoms with E-state index in [1.807, 2.05) is 49.5 Å². The predicted octanol–water partition coefficient (Wildman–Crippen LogP) is 5.20. The Labute approximate surface area is 226 Å². The Balaban J connectivity index is 1.18. The highest BCUT2D eigenvalue weighted by Crippen LogP contribution is 2.30. The van der Waals surface area contributed by atoms with Crippen molar-refractivity contribution in [1.29, 1.82) is 0 Å². The molecule has 0 amide bonds. The van der Waals surface area contributed by atoms with Gasteiger partial charge < -0.3 is 20.1 Å². The molecule has 2 aromatic carbocycles. The Morgan fingerprint density at radius 3 is 2.82 bits per heavy atom. The number of fused-ring (bicyclic) bond motifs is 2. The zero-order valence-electron chi connectivity index (χ0n) is 22.3. The second-order valence-corrected chi connectivity index (χ2v) is 10.4. The number of nitrogens with zero attached hydrogens (tertiary/aromatic N) is 6. The summed E-state index contributed by atoms with van der Waals surface area (Å²) in [6.45, 7) is 9.42. The largest absolute Gasteiger partial charge is 0.463 e. The number of aryl methyl sites for hydroxylation is 1. The molecule has 1 saturated heterocycles. The molecular formula is C29H30N8O2. The van der Waals surface area contributed by atoms with Crippen molar-refractivity contribution in [2.24, 2.45) is 4.99 Å². The monoisotopic (exact) mass is 522 g/mol. The second kappa shape index (κ2) is 9.86. The van der Waals surface area contributed by atoms with Crippen LogP contribution in [0.2, 0.25) is 0 Å². The van der Waals surface area contributed by atoms with Gasteiger partial charge in [-0.3, -0.25) is 0 Å². The molecule has 1 unspecified atom stereocenters. The molecule has 0 saturated carbocycles. The molecule has 6 rings (SSSR count). The lowest BCUT2D eigenvalue weighted by Gasteiger charge is -2.18. The number of ether oxygens (including phenoxy) is 2. The standard InChI is InChI=1S/C29H30N8O2/c1-18-11-21(6-8-25(18)39-22-9-10-37-26(13-22)32-17-34-37)35-19(2)27-23-12-20(5-7-24(23)31-16-33-27)14-30-28-36-29(3,4)15-38-28/h5-13,16-17,19,35H,14-15H2,1-4H3,(H,30,36). The van der Waals surface area contributed by atoms with Crippen molar-refractivity contribution in [2.75, 3.05) is 11.9 Å². The molecule has 39 heavy (non-hydrogen) atoms. The summed E-state index contributed by atoms with van der Waals surface area (Å²) >= 11 is 0. The first-order valence-electron chi connectivity index (χ1n) is 12.9. The number of anilines is 1. The third kappa shape index (κ3) is 5.31. The number of rotatable bonds is 7. The maximum absolute atomic E-state index is 6.12. The van der Waals surface area contributed by atoms with E-state index in [2.05, 4.69) is 68.6 Å². The number of benzene rings is 2. The fraction of sp³-hybridized carbons (Fsp3) is 0.276. The van der Waals surface area contributed by atoms with Gasteiger partial charge in [-0.1, -0.05) is 6.07 Å². The smallest absolute Gasteiger partial charge is 0.285 e. The van der Waals surface area contributed by atoms with Crippen molar-refractivity contribution in [2.45, 2.75) is 45.8 Å². The van der Waals surface area contributed by atoms with Gasteiger partial charge in [0.25, 0.3) is 6.02 Å². The van der Waals surface area contributed by atoms with Gasteiger partial charge in [-0.2, -0.15) is 5.10 Å². The molecule has 1 aliphatic heterocycles. The minimum atomic E-state index is -0.0979. The van der Waals surface area contributed by atoms with Crippen LogP contribution in [-0.4, -0.2) is 42.7 Å². The van der Waals surface area contributed by atoms with Crippen molar-refractivity contribution in [3.63, 3.8) is 0 Å². The molecule has 0 bridgehead atoms. The molecule has 2 N–H and O–H groups in total. The van der Waals surface area contributed by atoms with Crippen molar-refractivity contribution in [3.8, 4) is 11.5 Å². The summed E-state index contributed by atoms with van der Waals surface area (Å²) in [4.78, 5) is 17.9. The van der Waals surface area contributed by atoms with Crippen LogP contribution in [0.4, 0.5) is 5.69 Å². The zero-order valence-corrected chi connectivity index (χ0v) is 22.3. The van der Waals surface area contributed by atoms with Crippen molar-refractivity contribution >= 4 is 28.3 Å². The van der Waals surface area contributed by atoms with E-state index in [-0.39, 0.29) is 11.6 Å². The van der Waals surface area contributed by atoms with Gasteiger partial charge in [0.15, 0.2) is 5.65 Å². The molecular weight excluding hydrogens is 492 g/mol. The number of hydrogen-bond acceptors (Lipinski definition) is 8. The Bertz CT molecular complexity index is 1690. The maximum Gasteiger partial charge on any atom is 0.285 e. The number of hydrogen-bond donors (Lipinski definition) is 2. The summed E-state index contributed by atoms with van der Waals surface area (Å²) < 4.78 is 13.5. The van der Waals surface area contributed by atoms with E-state index in [1.54, 1.807) is 10.8 Å². The molecule has 4 heterocycles. The number of pyridine rings is 1. The van der Waals surface area contributed by atoms with E-state index in [1.165, 1.54) is 6.33 Å². The van der Waals surface area contributed by atoms with Gasteiger partial charge in [-0.05, 0) is 75.2 Å². The van der Waals surface area contributed by atoms with Gasteiger partial charge in [0.2, 0.25) is 0 Å². The van der Waals surface area contributed by atoms with Crippen LogP contribution in [0.15, 0.2) is 72.4 Å². The van der Waals surface area contributed by atoms with Crippen LogP contribution in [0.3, 0.4) is 0 Å². The lowest BCUT2D eigenvalue weighted by atomic mass is 10.1. The Hall–Kier alpha value is -4.73. The van der Waals surface area contributed by atoms with Crippen LogP contribution in [0.1, 0.15) is 43.6 Å². The normalized spacial score (nSPS) is 16.3. The summed E-state index contributed by atoms with van der Waals surface area (Å²) in [6, 6.07) is 16.5. The van der Waals surface area contributed by atoms with Crippen molar-refractivity contribution in [3.05, 3.63) is 84.2 Å². The lowest BCUT2D eigenvalue weighted by molar-refractivity contribution is 0.287. The number of aromatic nitrogens is 5. The van der Waals surface area contributed by atoms with Crippen LogP contribution in [0, 0.1) is 6.92 Å². The summed E-state index contributed by atoms with van der Waals surface area (Å²) in [5, 5.41) is 12.0. The van der Waals surface area contributed by atoms with Gasteiger partial charge in [0.05, 0.1) is 29.3 Å². The highest BCUT2D eigenvalue weighted by atomic mass is 16.5. The van der Waals surface area contributed by atoms with E-state index in [9.17, 15) is 0 Å². The van der Waals surface area contributed by atoms with Crippen LogP contribution < -0.4 is 15.4 Å². The van der Waals surface area contributed by atoms with E-state index in [4.69, 9.17) is 9.47 Å². The third-order valence-corrected chi connectivity index (χ3v) is 6.60. The van der Waals surface area contributed by atoms with Crippen molar-refractivity contribution < 1.29 is 9.47 Å². The molecule has 198 valence electrons. The van der Waals surface area contributed by atoms with Crippen LogP contribution in [-0.2, 0) is 11.3 Å². The maximum atomic E-state index is 6.12. The summed E-state index contributed by atoms with van der Waals surface area (Å²) in [7, 11) is 0. The Morgan fingerprint density at radius 1 is 1.10 bits per heavy atom. The fourth-order valence-corrected chi connectivity index (χ4v) is 4.58.